The monoisotopic (exact) mass is 421 g/mol. The van der Waals surface area contributed by atoms with Crippen molar-refractivity contribution in [2.24, 2.45) is 0 Å². The van der Waals surface area contributed by atoms with Crippen molar-refractivity contribution >= 4 is 32.5 Å². The number of para-hydroxylation sites is 1. The Morgan fingerprint density at radius 3 is 2.57 bits per heavy atom. The van der Waals surface area contributed by atoms with Gasteiger partial charge in [0.05, 0.1) is 16.8 Å². The maximum absolute atomic E-state index is 13.0. The fourth-order valence-electron chi connectivity index (χ4n) is 3.31. The normalized spacial score (nSPS) is 13.9. The second-order valence-corrected chi connectivity index (χ2v) is 9.24. The molecular formula is C23H23N3O3S. The lowest BCUT2D eigenvalue weighted by Crippen LogP contribution is -2.25. The molecule has 154 valence electrons. The Bertz CT molecular complexity index is 1200. The predicted molar refractivity (Wildman–Crippen MR) is 119 cm³/mol. The van der Waals surface area contributed by atoms with Gasteiger partial charge in [-0.25, -0.2) is 13.1 Å². The summed E-state index contributed by atoms with van der Waals surface area (Å²) in [7, 11) is -3.42. The molecule has 0 unspecified atom stereocenters. The summed E-state index contributed by atoms with van der Waals surface area (Å²) >= 11 is 0. The van der Waals surface area contributed by atoms with Crippen LogP contribution >= 0.6 is 0 Å². The average Bonchev–Trinajstić information content (AvgIpc) is 3.58. The molecule has 1 heterocycles. The number of nitrogens with one attached hydrogen (secondary N) is 2. The van der Waals surface area contributed by atoms with Gasteiger partial charge in [0.15, 0.2) is 0 Å². The van der Waals surface area contributed by atoms with Gasteiger partial charge in [0.1, 0.15) is 0 Å². The molecule has 30 heavy (non-hydrogen) atoms. The molecule has 7 heteroatoms. The minimum Gasteiger partial charge on any atom is -0.322 e. The van der Waals surface area contributed by atoms with Gasteiger partial charge in [-0.2, -0.15) is 0 Å². The van der Waals surface area contributed by atoms with Crippen LogP contribution in [-0.2, 0) is 15.8 Å². The molecule has 0 saturated heterocycles. The Morgan fingerprint density at radius 1 is 1.13 bits per heavy atom. The Kier molecular flexibility index (Phi) is 5.65. The van der Waals surface area contributed by atoms with E-state index in [1.54, 1.807) is 24.3 Å². The zero-order valence-electron chi connectivity index (χ0n) is 16.5. The van der Waals surface area contributed by atoms with Gasteiger partial charge in [0.2, 0.25) is 10.0 Å². The van der Waals surface area contributed by atoms with Crippen molar-refractivity contribution in [3.8, 4) is 0 Å². The maximum Gasteiger partial charge on any atom is 0.256 e. The largest absolute Gasteiger partial charge is 0.322 e. The second-order valence-electron chi connectivity index (χ2n) is 7.43. The summed E-state index contributed by atoms with van der Waals surface area (Å²) in [4.78, 5) is 17.7. The molecule has 0 bridgehead atoms. The lowest BCUT2D eigenvalue weighted by atomic mass is 10.1. The summed E-state index contributed by atoms with van der Waals surface area (Å²) in [6, 6.07) is 16.3. The van der Waals surface area contributed by atoms with Gasteiger partial charge in [0.25, 0.3) is 5.91 Å². The number of amides is 1. The molecule has 0 radical (unpaired) electrons. The number of nitrogens with zero attached hydrogens (tertiary/aromatic N) is 1. The Balaban J connectivity index is 1.52. The molecule has 1 amide bonds. The predicted octanol–water partition coefficient (Wildman–Crippen LogP) is 3.97. The van der Waals surface area contributed by atoms with Gasteiger partial charge >= 0.3 is 0 Å². The summed E-state index contributed by atoms with van der Waals surface area (Å²) in [5, 5.41) is 3.73. The third-order valence-corrected chi connectivity index (χ3v) is 6.31. The Morgan fingerprint density at radius 2 is 1.87 bits per heavy atom. The minimum absolute atomic E-state index is 0.130. The molecule has 0 aliphatic heterocycles. The van der Waals surface area contributed by atoms with Crippen LogP contribution in [0.2, 0.25) is 0 Å². The van der Waals surface area contributed by atoms with E-state index in [4.69, 9.17) is 4.98 Å². The van der Waals surface area contributed by atoms with Gasteiger partial charge in [-0.1, -0.05) is 36.4 Å². The summed E-state index contributed by atoms with van der Waals surface area (Å²) in [6.45, 7) is 3.69. The molecule has 4 rings (SSSR count). The number of sulfonamides is 1. The van der Waals surface area contributed by atoms with Gasteiger partial charge in [0, 0.05) is 29.2 Å². The molecule has 1 aliphatic rings. The third-order valence-electron chi connectivity index (χ3n) is 4.99. The molecule has 1 saturated carbocycles. The van der Waals surface area contributed by atoms with Gasteiger partial charge in [-0.05, 0) is 42.7 Å². The van der Waals surface area contributed by atoms with Crippen molar-refractivity contribution in [3.05, 3.63) is 84.1 Å². The van der Waals surface area contributed by atoms with E-state index < -0.39 is 10.0 Å². The van der Waals surface area contributed by atoms with Crippen LogP contribution in [0.15, 0.2) is 67.3 Å². The van der Waals surface area contributed by atoms with Crippen LogP contribution in [-0.4, -0.2) is 25.9 Å². The minimum atomic E-state index is -3.42. The number of anilines is 1. The SMILES string of the molecule is C=CCNS(=O)(=O)Cc1ccc(NC(=O)c2cc(C3CC3)nc3ccccc23)cc1. The number of carbonyl (C=O) groups excluding carboxylic acids is 1. The van der Waals surface area contributed by atoms with Crippen molar-refractivity contribution in [2.45, 2.75) is 24.5 Å². The number of rotatable bonds is 8. The lowest BCUT2D eigenvalue weighted by Gasteiger charge is -2.11. The molecule has 1 aromatic heterocycles. The first-order valence-electron chi connectivity index (χ1n) is 9.83. The summed E-state index contributed by atoms with van der Waals surface area (Å²) in [5.41, 5.74) is 3.62. The zero-order chi connectivity index (χ0) is 21.1. The maximum atomic E-state index is 13.0. The van der Waals surface area contributed by atoms with Crippen molar-refractivity contribution in [1.82, 2.24) is 9.71 Å². The number of hydrogen-bond acceptors (Lipinski definition) is 4. The van der Waals surface area contributed by atoms with Crippen molar-refractivity contribution in [2.75, 3.05) is 11.9 Å². The molecule has 0 spiro atoms. The van der Waals surface area contributed by atoms with E-state index in [-0.39, 0.29) is 18.2 Å². The third kappa shape index (κ3) is 4.75. The number of fused-ring (bicyclic) bond motifs is 1. The summed E-state index contributed by atoms with van der Waals surface area (Å²) < 4.78 is 26.4. The number of benzene rings is 2. The van der Waals surface area contributed by atoms with Crippen LogP contribution < -0.4 is 10.0 Å². The highest BCUT2D eigenvalue weighted by molar-refractivity contribution is 7.88. The molecular weight excluding hydrogens is 398 g/mol. The van der Waals surface area contributed by atoms with E-state index in [0.29, 0.717) is 22.7 Å². The van der Waals surface area contributed by atoms with Crippen LogP contribution in [0.25, 0.3) is 10.9 Å². The lowest BCUT2D eigenvalue weighted by molar-refractivity contribution is 0.102. The van der Waals surface area contributed by atoms with E-state index in [9.17, 15) is 13.2 Å². The number of aromatic nitrogens is 1. The summed E-state index contributed by atoms with van der Waals surface area (Å²) in [5.74, 6) is 0.107. The average molecular weight is 422 g/mol. The van der Waals surface area contributed by atoms with E-state index in [1.807, 2.05) is 30.3 Å². The molecule has 0 atom stereocenters. The van der Waals surface area contributed by atoms with Crippen molar-refractivity contribution < 1.29 is 13.2 Å². The van der Waals surface area contributed by atoms with E-state index in [2.05, 4.69) is 16.6 Å². The molecule has 2 N–H and O–H groups in total. The van der Waals surface area contributed by atoms with Crippen molar-refractivity contribution in [3.63, 3.8) is 0 Å². The first-order valence-corrected chi connectivity index (χ1v) is 11.5. The van der Waals surface area contributed by atoms with Crippen LogP contribution in [0, 0.1) is 0 Å². The highest BCUT2D eigenvalue weighted by Crippen LogP contribution is 2.40. The zero-order valence-corrected chi connectivity index (χ0v) is 17.3. The van der Waals surface area contributed by atoms with Crippen LogP contribution in [0.4, 0.5) is 5.69 Å². The van der Waals surface area contributed by atoms with Gasteiger partial charge in [-0.3, -0.25) is 9.78 Å². The molecule has 3 aromatic rings. The smallest absolute Gasteiger partial charge is 0.256 e. The number of pyridine rings is 1. The van der Waals surface area contributed by atoms with Gasteiger partial charge in [-0.15, -0.1) is 6.58 Å². The van der Waals surface area contributed by atoms with E-state index >= 15 is 0 Å². The van der Waals surface area contributed by atoms with Crippen LogP contribution in [0.5, 0.6) is 0 Å². The standard InChI is InChI=1S/C23H23N3O3S/c1-2-13-24-30(28,29)15-16-7-11-18(12-8-16)25-23(27)20-14-22(17-9-10-17)26-21-6-4-3-5-19(20)21/h2-8,11-12,14,17,24H,1,9-10,13,15H2,(H,25,27). The van der Waals surface area contributed by atoms with Crippen molar-refractivity contribution in [1.29, 1.82) is 0 Å². The van der Waals surface area contributed by atoms with E-state index in [0.717, 1.165) is 29.4 Å². The highest BCUT2D eigenvalue weighted by atomic mass is 32.2. The molecule has 2 aromatic carbocycles. The fraction of sp³-hybridized carbons (Fsp3) is 0.217. The molecule has 1 fully saturated rings. The van der Waals surface area contributed by atoms with Gasteiger partial charge < -0.3 is 5.32 Å². The first kappa shape index (κ1) is 20.3. The number of carbonyl (C=O) groups is 1. The topological polar surface area (TPSA) is 88.2 Å². The van der Waals surface area contributed by atoms with Crippen LogP contribution in [0.1, 0.15) is 40.4 Å². The Hall–Kier alpha value is -3.03. The second kappa shape index (κ2) is 8.38. The molecule has 1 aliphatic carbocycles. The first-order chi connectivity index (χ1) is 14.4. The van der Waals surface area contributed by atoms with E-state index in [1.165, 1.54) is 6.08 Å². The Labute approximate surface area is 176 Å². The fourth-order valence-corrected chi connectivity index (χ4v) is 4.42. The highest BCUT2D eigenvalue weighted by Gasteiger charge is 2.27. The quantitative estimate of drug-likeness (QED) is 0.539. The van der Waals surface area contributed by atoms with Crippen LogP contribution in [0.3, 0.4) is 0 Å². The number of hydrogen-bond donors (Lipinski definition) is 2. The molecule has 6 nitrogen and oxygen atoms in total. The summed E-state index contributed by atoms with van der Waals surface area (Å²) in [6.07, 6.45) is 3.71.